The third-order valence-corrected chi connectivity index (χ3v) is 8.02. The molecule has 0 bridgehead atoms. The van der Waals surface area contributed by atoms with Crippen LogP contribution in [0.25, 0.3) is 0 Å². The molecular formula is C30H40ClN3O5. The first-order chi connectivity index (χ1) is 18.5. The van der Waals surface area contributed by atoms with E-state index in [1.165, 1.54) is 0 Å². The molecule has 3 amide bonds. The second kappa shape index (κ2) is 12.1. The van der Waals surface area contributed by atoms with Crippen LogP contribution >= 0.6 is 11.6 Å². The molecule has 1 saturated carbocycles. The smallest absolute Gasteiger partial charge is 0.408 e. The Bertz CT molecular complexity index is 1130. The van der Waals surface area contributed by atoms with E-state index < -0.39 is 29.2 Å². The molecule has 8 nitrogen and oxygen atoms in total. The fourth-order valence-electron chi connectivity index (χ4n) is 5.70. The lowest BCUT2D eigenvalue weighted by Gasteiger charge is -2.30. The third kappa shape index (κ3) is 7.41. The van der Waals surface area contributed by atoms with Gasteiger partial charge in [0.2, 0.25) is 11.8 Å². The van der Waals surface area contributed by atoms with Crippen molar-refractivity contribution in [2.75, 3.05) is 11.9 Å². The average molecular weight is 558 g/mol. The Morgan fingerprint density at radius 3 is 2.64 bits per heavy atom. The number of alkyl carbamates (subject to hydrolysis) is 1. The first kappa shape index (κ1) is 29.1. The van der Waals surface area contributed by atoms with E-state index in [0.717, 1.165) is 25.7 Å². The van der Waals surface area contributed by atoms with Crippen LogP contribution in [0.4, 0.5) is 10.5 Å². The van der Waals surface area contributed by atoms with E-state index in [1.807, 2.05) is 0 Å². The molecule has 0 aromatic heterocycles. The fourth-order valence-corrected chi connectivity index (χ4v) is 5.89. The summed E-state index contributed by atoms with van der Waals surface area (Å²) < 4.78 is 5.41. The number of ether oxygens (including phenoxy) is 1. The highest BCUT2D eigenvalue weighted by Gasteiger charge is 2.60. The predicted molar refractivity (Wildman–Crippen MR) is 150 cm³/mol. The normalized spacial score (nSPS) is 28.8. The van der Waals surface area contributed by atoms with Crippen LogP contribution in [0.5, 0.6) is 0 Å². The zero-order valence-corrected chi connectivity index (χ0v) is 23.9. The number of fused-ring (bicyclic) bond motifs is 2. The summed E-state index contributed by atoms with van der Waals surface area (Å²) >= 11 is 6.11. The number of allylic oxidation sites excluding steroid dienone is 2. The monoisotopic (exact) mass is 557 g/mol. The number of amides is 3. The van der Waals surface area contributed by atoms with E-state index in [2.05, 4.69) is 22.8 Å². The van der Waals surface area contributed by atoms with E-state index in [0.29, 0.717) is 42.9 Å². The quantitative estimate of drug-likeness (QED) is 0.467. The Morgan fingerprint density at radius 2 is 1.90 bits per heavy atom. The van der Waals surface area contributed by atoms with Gasteiger partial charge in [-0.25, -0.2) is 4.79 Å². The van der Waals surface area contributed by atoms with Gasteiger partial charge < -0.3 is 20.3 Å². The van der Waals surface area contributed by atoms with E-state index >= 15 is 0 Å². The summed E-state index contributed by atoms with van der Waals surface area (Å²) in [5, 5.41) is 6.25. The summed E-state index contributed by atoms with van der Waals surface area (Å²) in [6.07, 6.45) is 9.38. The van der Waals surface area contributed by atoms with E-state index in [-0.39, 0.29) is 29.9 Å². The number of Topliss-reactive ketones (excluding diaryl/α,β-unsaturated/α-hetero) is 1. The van der Waals surface area contributed by atoms with Crippen LogP contribution in [0.1, 0.15) is 78.6 Å². The standard InChI is InChI=1S/C30H40ClN3O5/c1-29(2,3)39-28(38)33-23-14-8-6-4-5-7-11-20-18-30(20,27(37)32-22-13-9-12-21(31)17-22)19-25(35)24-15-10-16-34(24)26(23)36/h7,9,11-13,17,20,23-24H,4-6,8,10,14-16,18-19H2,1-3H3,(H,32,37)(H,33,38)/b11-7-/t20-,23+,24+,30-/m1/s1. The lowest BCUT2D eigenvalue weighted by atomic mass is 9.91. The van der Waals surface area contributed by atoms with Gasteiger partial charge in [0.25, 0.3) is 0 Å². The predicted octanol–water partition coefficient (Wildman–Crippen LogP) is 5.65. The topological polar surface area (TPSA) is 105 Å². The van der Waals surface area contributed by atoms with E-state index in [9.17, 15) is 19.2 Å². The number of nitrogens with zero attached hydrogens (tertiary/aromatic N) is 1. The molecular weight excluding hydrogens is 518 g/mol. The highest BCUT2D eigenvalue weighted by molar-refractivity contribution is 6.30. The molecule has 2 fully saturated rings. The molecule has 9 heteroatoms. The van der Waals surface area contributed by atoms with Crippen molar-refractivity contribution in [3.63, 3.8) is 0 Å². The lowest BCUT2D eigenvalue weighted by Crippen LogP contribution is -2.52. The maximum absolute atomic E-state index is 13.7. The van der Waals surface area contributed by atoms with Gasteiger partial charge >= 0.3 is 6.09 Å². The van der Waals surface area contributed by atoms with Gasteiger partial charge in [-0.1, -0.05) is 42.7 Å². The Morgan fingerprint density at radius 1 is 1.10 bits per heavy atom. The first-order valence-corrected chi connectivity index (χ1v) is 14.4. The number of benzene rings is 1. The summed E-state index contributed by atoms with van der Waals surface area (Å²) in [5.74, 6) is -0.589. The van der Waals surface area contributed by atoms with Crippen molar-refractivity contribution < 1.29 is 23.9 Å². The second-order valence-corrected chi connectivity index (χ2v) is 12.5. The minimum atomic E-state index is -0.846. The van der Waals surface area contributed by atoms with Gasteiger partial charge in [0.1, 0.15) is 11.6 Å². The Hall–Kier alpha value is -2.87. The van der Waals surface area contributed by atoms with Crippen LogP contribution in [-0.2, 0) is 19.1 Å². The molecule has 39 heavy (non-hydrogen) atoms. The molecule has 4 atom stereocenters. The van der Waals surface area contributed by atoms with Crippen molar-refractivity contribution in [3.05, 3.63) is 41.4 Å². The van der Waals surface area contributed by atoms with Crippen LogP contribution in [0.15, 0.2) is 36.4 Å². The molecule has 2 aliphatic heterocycles. The molecule has 212 valence electrons. The van der Waals surface area contributed by atoms with Crippen molar-refractivity contribution in [2.45, 2.75) is 96.2 Å². The number of halogens is 1. The van der Waals surface area contributed by atoms with Crippen LogP contribution in [0.2, 0.25) is 5.02 Å². The third-order valence-electron chi connectivity index (χ3n) is 7.79. The lowest BCUT2D eigenvalue weighted by molar-refractivity contribution is -0.140. The summed E-state index contributed by atoms with van der Waals surface area (Å²) in [6, 6.07) is 5.60. The average Bonchev–Trinajstić information content (AvgIpc) is 3.31. The van der Waals surface area contributed by atoms with Crippen molar-refractivity contribution in [2.24, 2.45) is 11.3 Å². The van der Waals surface area contributed by atoms with Gasteiger partial charge in [-0.2, -0.15) is 0 Å². The molecule has 1 aromatic rings. The van der Waals surface area contributed by atoms with Crippen molar-refractivity contribution in [3.8, 4) is 0 Å². The minimum absolute atomic E-state index is 0.0297. The zero-order valence-electron chi connectivity index (χ0n) is 23.1. The Balaban J connectivity index is 1.54. The number of hydrogen-bond donors (Lipinski definition) is 2. The number of anilines is 1. The molecule has 1 aromatic carbocycles. The maximum atomic E-state index is 13.7. The van der Waals surface area contributed by atoms with Gasteiger partial charge in [-0.15, -0.1) is 0 Å². The molecule has 1 saturated heterocycles. The molecule has 2 heterocycles. The van der Waals surface area contributed by atoms with Crippen molar-refractivity contribution in [1.29, 1.82) is 0 Å². The van der Waals surface area contributed by atoms with Crippen LogP contribution in [-0.4, -0.2) is 52.8 Å². The largest absolute Gasteiger partial charge is 0.444 e. The Labute approximate surface area is 235 Å². The second-order valence-electron chi connectivity index (χ2n) is 12.0. The molecule has 0 spiro atoms. The highest BCUT2D eigenvalue weighted by Crippen LogP contribution is 2.57. The SMILES string of the molecule is CC(C)(C)OC(=O)N[C@H]1CCCCC/C=C\[C@@H]2C[C@@]2(C(=O)Nc2cccc(Cl)c2)CC(=O)[C@@H]2CCCN2C1=O. The molecule has 3 aliphatic rings. The number of nitrogens with one attached hydrogen (secondary N) is 2. The number of hydrogen-bond acceptors (Lipinski definition) is 5. The van der Waals surface area contributed by atoms with Crippen LogP contribution < -0.4 is 10.6 Å². The van der Waals surface area contributed by atoms with Crippen molar-refractivity contribution >= 4 is 41.0 Å². The summed E-state index contributed by atoms with van der Waals surface area (Å²) in [5.41, 5.74) is -0.943. The van der Waals surface area contributed by atoms with Gasteiger partial charge in [0, 0.05) is 23.7 Å². The fraction of sp³-hybridized carbons (Fsp3) is 0.600. The number of rotatable bonds is 3. The number of carbonyl (C=O) groups excluding carboxylic acids is 4. The molecule has 0 unspecified atom stereocenters. The maximum Gasteiger partial charge on any atom is 0.408 e. The van der Waals surface area contributed by atoms with Crippen LogP contribution in [0.3, 0.4) is 0 Å². The summed E-state index contributed by atoms with van der Waals surface area (Å²) in [6.45, 7) is 5.78. The molecule has 1 aliphatic carbocycles. The van der Waals surface area contributed by atoms with Gasteiger partial charge in [-0.3, -0.25) is 14.4 Å². The first-order valence-electron chi connectivity index (χ1n) is 14.0. The summed E-state index contributed by atoms with van der Waals surface area (Å²) in [4.78, 5) is 55.1. The molecule has 4 rings (SSSR count). The molecule has 2 N–H and O–H groups in total. The van der Waals surface area contributed by atoms with E-state index in [4.69, 9.17) is 16.3 Å². The van der Waals surface area contributed by atoms with E-state index in [1.54, 1.807) is 49.9 Å². The highest BCUT2D eigenvalue weighted by atomic mass is 35.5. The van der Waals surface area contributed by atoms with Gasteiger partial charge in [0.05, 0.1) is 11.5 Å². The Kier molecular flexibility index (Phi) is 9.04. The van der Waals surface area contributed by atoms with Crippen LogP contribution in [0, 0.1) is 11.3 Å². The van der Waals surface area contributed by atoms with Gasteiger partial charge in [0.15, 0.2) is 5.78 Å². The summed E-state index contributed by atoms with van der Waals surface area (Å²) in [7, 11) is 0. The minimum Gasteiger partial charge on any atom is -0.444 e. The molecule has 0 radical (unpaired) electrons. The van der Waals surface area contributed by atoms with Gasteiger partial charge in [-0.05, 0) is 83.4 Å². The van der Waals surface area contributed by atoms with Crippen molar-refractivity contribution in [1.82, 2.24) is 10.2 Å². The zero-order chi connectivity index (χ0) is 28.2. The number of carbonyl (C=O) groups is 4. The number of ketones is 1.